The van der Waals surface area contributed by atoms with Crippen LogP contribution in [0.5, 0.6) is 0 Å². The van der Waals surface area contributed by atoms with Gasteiger partial charge in [0.15, 0.2) is 0 Å². The third kappa shape index (κ3) is 7.37. The molecule has 3 unspecified atom stereocenters. The summed E-state index contributed by atoms with van der Waals surface area (Å²) in [6, 6.07) is 0. The Hall–Kier alpha value is 0. The van der Waals surface area contributed by atoms with Crippen molar-refractivity contribution in [1.82, 2.24) is 0 Å². The minimum absolute atomic E-state index is 1.00. The van der Waals surface area contributed by atoms with Crippen LogP contribution < -0.4 is 0 Å². The largest absolute Gasteiger partial charge is 0.0654 e. The van der Waals surface area contributed by atoms with Crippen molar-refractivity contribution in [2.45, 2.75) is 104 Å². The predicted molar refractivity (Wildman–Crippen MR) is 87.5 cm³/mol. The standard InChI is InChI=1S/C19H38/c1-4-6-8-9-10-11-12-18-14-15-19(13-7-5-2)17(3)16-18/h17-19H,4-16H2,1-3H3. The SMILES string of the molecule is CCCCCCCCC1CCC(CCCC)C(C)C1. The van der Waals surface area contributed by atoms with Crippen LogP contribution in [-0.4, -0.2) is 0 Å². The summed E-state index contributed by atoms with van der Waals surface area (Å²) in [5.41, 5.74) is 0. The number of hydrogen-bond acceptors (Lipinski definition) is 0. The van der Waals surface area contributed by atoms with Crippen LogP contribution in [0.3, 0.4) is 0 Å². The quantitative estimate of drug-likeness (QED) is 0.374. The molecule has 0 aliphatic heterocycles. The van der Waals surface area contributed by atoms with Crippen molar-refractivity contribution in [2.24, 2.45) is 17.8 Å². The fourth-order valence-corrected chi connectivity index (χ4v) is 3.94. The van der Waals surface area contributed by atoms with E-state index in [4.69, 9.17) is 0 Å². The van der Waals surface area contributed by atoms with Crippen molar-refractivity contribution >= 4 is 0 Å². The van der Waals surface area contributed by atoms with Crippen molar-refractivity contribution in [3.05, 3.63) is 0 Å². The molecular formula is C19H38. The van der Waals surface area contributed by atoms with Crippen molar-refractivity contribution in [3.63, 3.8) is 0 Å². The summed E-state index contributed by atoms with van der Waals surface area (Å²) in [5, 5.41) is 0. The van der Waals surface area contributed by atoms with Crippen LogP contribution in [0.1, 0.15) is 104 Å². The van der Waals surface area contributed by atoms with Crippen LogP contribution in [0, 0.1) is 17.8 Å². The normalized spacial score (nSPS) is 27.6. The van der Waals surface area contributed by atoms with E-state index in [1.165, 1.54) is 83.5 Å². The molecule has 0 heterocycles. The van der Waals surface area contributed by atoms with E-state index in [0.29, 0.717) is 0 Å². The molecule has 0 bridgehead atoms. The molecule has 0 aromatic rings. The maximum absolute atomic E-state index is 2.52. The van der Waals surface area contributed by atoms with Crippen LogP contribution in [0.15, 0.2) is 0 Å². The minimum atomic E-state index is 1.00. The first-order chi connectivity index (χ1) is 9.27. The average molecular weight is 267 g/mol. The monoisotopic (exact) mass is 266 g/mol. The molecule has 114 valence electrons. The molecule has 0 heteroatoms. The Labute approximate surface area is 122 Å². The lowest BCUT2D eigenvalue weighted by molar-refractivity contribution is 0.172. The van der Waals surface area contributed by atoms with Gasteiger partial charge in [-0.3, -0.25) is 0 Å². The van der Waals surface area contributed by atoms with E-state index in [1.807, 2.05) is 0 Å². The summed E-state index contributed by atoms with van der Waals surface area (Å²) in [4.78, 5) is 0. The van der Waals surface area contributed by atoms with Crippen molar-refractivity contribution in [1.29, 1.82) is 0 Å². The maximum atomic E-state index is 2.52. The zero-order valence-electron chi connectivity index (χ0n) is 13.9. The highest BCUT2D eigenvalue weighted by atomic mass is 14.3. The zero-order chi connectivity index (χ0) is 13.9. The molecule has 0 spiro atoms. The van der Waals surface area contributed by atoms with Crippen LogP contribution in [0.25, 0.3) is 0 Å². The fraction of sp³-hybridized carbons (Fsp3) is 1.00. The molecule has 0 aromatic heterocycles. The lowest BCUT2D eigenvalue weighted by atomic mass is 9.72. The van der Waals surface area contributed by atoms with Crippen LogP contribution in [-0.2, 0) is 0 Å². The van der Waals surface area contributed by atoms with Gasteiger partial charge in [-0.25, -0.2) is 0 Å². The van der Waals surface area contributed by atoms with E-state index in [1.54, 1.807) is 0 Å². The summed E-state index contributed by atoms with van der Waals surface area (Å²) in [6.45, 7) is 7.15. The van der Waals surface area contributed by atoms with Gasteiger partial charge in [0.1, 0.15) is 0 Å². The van der Waals surface area contributed by atoms with E-state index in [-0.39, 0.29) is 0 Å². The Morgan fingerprint density at radius 2 is 1.42 bits per heavy atom. The maximum Gasteiger partial charge on any atom is -0.0388 e. The van der Waals surface area contributed by atoms with Gasteiger partial charge in [-0.2, -0.15) is 0 Å². The first-order valence-electron chi connectivity index (χ1n) is 9.27. The Bertz CT molecular complexity index is 196. The molecule has 0 aromatic carbocycles. The summed E-state index contributed by atoms with van der Waals surface area (Å²) in [5.74, 6) is 3.13. The molecule has 1 aliphatic rings. The molecule has 0 saturated heterocycles. The Kier molecular flexibility index (Phi) is 9.65. The molecule has 3 atom stereocenters. The Morgan fingerprint density at radius 1 is 0.737 bits per heavy atom. The predicted octanol–water partition coefficient (Wildman–Crippen LogP) is 6.98. The zero-order valence-corrected chi connectivity index (χ0v) is 13.9. The minimum Gasteiger partial charge on any atom is -0.0654 e. The van der Waals surface area contributed by atoms with Gasteiger partial charge in [0, 0.05) is 0 Å². The van der Waals surface area contributed by atoms with Gasteiger partial charge in [0.05, 0.1) is 0 Å². The van der Waals surface area contributed by atoms with Crippen molar-refractivity contribution in [3.8, 4) is 0 Å². The molecule has 0 amide bonds. The first kappa shape index (κ1) is 17.1. The molecule has 1 saturated carbocycles. The van der Waals surface area contributed by atoms with Crippen molar-refractivity contribution in [2.75, 3.05) is 0 Å². The topological polar surface area (TPSA) is 0 Å². The second kappa shape index (κ2) is 10.7. The van der Waals surface area contributed by atoms with E-state index < -0.39 is 0 Å². The highest BCUT2D eigenvalue weighted by molar-refractivity contribution is 4.77. The van der Waals surface area contributed by atoms with Crippen LogP contribution in [0.2, 0.25) is 0 Å². The molecule has 1 aliphatic carbocycles. The third-order valence-corrected chi connectivity index (χ3v) is 5.35. The number of hydrogen-bond donors (Lipinski definition) is 0. The van der Waals surface area contributed by atoms with Crippen molar-refractivity contribution < 1.29 is 0 Å². The molecule has 1 fully saturated rings. The Morgan fingerprint density at radius 3 is 2.11 bits per heavy atom. The van der Waals surface area contributed by atoms with Crippen LogP contribution >= 0.6 is 0 Å². The average Bonchev–Trinajstić information content (AvgIpc) is 2.42. The van der Waals surface area contributed by atoms with E-state index in [0.717, 1.165) is 17.8 Å². The first-order valence-corrected chi connectivity index (χ1v) is 9.27. The summed E-state index contributed by atoms with van der Waals surface area (Å²) in [7, 11) is 0. The number of rotatable bonds is 10. The van der Waals surface area contributed by atoms with Gasteiger partial charge < -0.3 is 0 Å². The number of unbranched alkanes of at least 4 members (excludes halogenated alkanes) is 6. The van der Waals surface area contributed by atoms with Gasteiger partial charge in [-0.1, -0.05) is 91.4 Å². The second-order valence-corrected chi connectivity index (χ2v) is 7.12. The van der Waals surface area contributed by atoms with Gasteiger partial charge in [-0.05, 0) is 30.6 Å². The second-order valence-electron chi connectivity index (χ2n) is 7.12. The van der Waals surface area contributed by atoms with E-state index in [9.17, 15) is 0 Å². The third-order valence-electron chi connectivity index (χ3n) is 5.35. The fourth-order valence-electron chi connectivity index (χ4n) is 3.94. The summed E-state index contributed by atoms with van der Waals surface area (Å²) >= 11 is 0. The molecular weight excluding hydrogens is 228 g/mol. The van der Waals surface area contributed by atoms with Gasteiger partial charge in [-0.15, -0.1) is 0 Å². The van der Waals surface area contributed by atoms with E-state index >= 15 is 0 Å². The molecule has 19 heavy (non-hydrogen) atoms. The van der Waals surface area contributed by atoms with Crippen LogP contribution in [0.4, 0.5) is 0 Å². The molecule has 0 nitrogen and oxygen atoms in total. The molecule has 1 rings (SSSR count). The smallest absolute Gasteiger partial charge is 0.0388 e. The highest BCUT2D eigenvalue weighted by Crippen LogP contribution is 2.38. The Balaban J connectivity index is 2.04. The van der Waals surface area contributed by atoms with E-state index in [2.05, 4.69) is 20.8 Å². The van der Waals surface area contributed by atoms with Gasteiger partial charge in [0.2, 0.25) is 0 Å². The van der Waals surface area contributed by atoms with Gasteiger partial charge in [0.25, 0.3) is 0 Å². The summed E-state index contributed by atoms with van der Waals surface area (Å²) in [6.07, 6.45) is 19.2. The molecule has 0 N–H and O–H groups in total. The van der Waals surface area contributed by atoms with Gasteiger partial charge >= 0.3 is 0 Å². The summed E-state index contributed by atoms with van der Waals surface area (Å²) < 4.78 is 0. The lowest BCUT2D eigenvalue weighted by Crippen LogP contribution is -2.22. The lowest BCUT2D eigenvalue weighted by Gasteiger charge is -2.34. The molecule has 0 radical (unpaired) electrons. The highest BCUT2D eigenvalue weighted by Gasteiger charge is 2.26.